The van der Waals surface area contributed by atoms with Gasteiger partial charge in [0, 0.05) is 18.2 Å². The number of carbonyl (C=O) groups is 1. The molecule has 0 unspecified atom stereocenters. The van der Waals surface area contributed by atoms with Crippen molar-refractivity contribution in [2.24, 2.45) is 5.84 Å². The van der Waals surface area contributed by atoms with Crippen molar-refractivity contribution in [1.82, 2.24) is 10.3 Å². The van der Waals surface area contributed by atoms with Crippen LogP contribution in [0.25, 0.3) is 0 Å². The fraction of sp³-hybridized carbons (Fsp3) is 0.583. The van der Waals surface area contributed by atoms with Gasteiger partial charge in [0.2, 0.25) is 0 Å². The quantitative estimate of drug-likeness (QED) is 0.458. The Balaban J connectivity index is 2.09. The zero-order chi connectivity index (χ0) is 12.4. The third kappa shape index (κ3) is 2.68. The number of hydrogen-bond donors (Lipinski definition) is 2. The number of nitrogens with zero attached hydrogens (tertiary/aromatic N) is 1. The van der Waals surface area contributed by atoms with E-state index >= 15 is 0 Å². The van der Waals surface area contributed by atoms with Crippen LogP contribution in [0.5, 0.6) is 0 Å². The van der Waals surface area contributed by atoms with Crippen LogP contribution in [0.2, 0.25) is 0 Å². The van der Waals surface area contributed by atoms with Crippen molar-refractivity contribution >= 4 is 5.91 Å². The first kappa shape index (κ1) is 12.1. The van der Waals surface area contributed by atoms with Crippen LogP contribution in [0.3, 0.4) is 0 Å². The number of hydrazine groups is 1. The molecule has 0 aliphatic heterocycles. The normalized spacial score (nSPS) is 15.3. The van der Waals surface area contributed by atoms with E-state index in [9.17, 15) is 4.79 Å². The monoisotopic (exact) mass is 237 g/mol. The van der Waals surface area contributed by atoms with Gasteiger partial charge < -0.3 is 4.42 Å². The molecule has 0 aromatic carbocycles. The van der Waals surface area contributed by atoms with Crippen molar-refractivity contribution in [2.75, 3.05) is 6.54 Å². The summed E-state index contributed by atoms with van der Waals surface area (Å²) in [5, 5.41) is 0. The third-order valence-corrected chi connectivity index (χ3v) is 3.22. The largest absolute Gasteiger partial charge is 0.456 e. The number of nitrogen functional groups attached to an aromatic ring is 1. The number of amides is 1. The van der Waals surface area contributed by atoms with E-state index in [-0.39, 0.29) is 11.7 Å². The average molecular weight is 237 g/mol. The molecular formula is C12H19N3O2. The van der Waals surface area contributed by atoms with Crippen LogP contribution in [-0.4, -0.2) is 23.4 Å². The number of hydrogen-bond acceptors (Lipinski definition) is 4. The molecule has 94 valence electrons. The fourth-order valence-corrected chi connectivity index (χ4v) is 2.02. The summed E-state index contributed by atoms with van der Waals surface area (Å²) in [6.45, 7) is 5.90. The summed E-state index contributed by atoms with van der Waals surface area (Å²) in [5.74, 6) is 5.78. The zero-order valence-electron chi connectivity index (χ0n) is 10.3. The van der Waals surface area contributed by atoms with E-state index in [1.165, 1.54) is 12.8 Å². The Hall–Kier alpha value is -1.33. The second-order valence-corrected chi connectivity index (χ2v) is 4.46. The van der Waals surface area contributed by atoms with Gasteiger partial charge in [0.25, 0.3) is 0 Å². The van der Waals surface area contributed by atoms with Crippen molar-refractivity contribution in [1.29, 1.82) is 0 Å². The van der Waals surface area contributed by atoms with Gasteiger partial charge in [0.1, 0.15) is 5.76 Å². The van der Waals surface area contributed by atoms with Crippen LogP contribution in [0.15, 0.2) is 10.5 Å². The molecule has 0 saturated heterocycles. The Bertz CT molecular complexity index is 410. The first-order valence-corrected chi connectivity index (χ1v) is 6.00. The minimum atomic E-state index is -0.381. The van der Waals surface area contributed by atoms with Crippen LogP contribution in [-0.2, 0) is 6.54 Å². The van der Waals surface area contributed by atoms with Crippen LogP contribution < -0.4 is 11.3 Å². The SMILES string of the molecule is CCN(Cc1cc(C(=O)NN)oc1C)C1CC1. The van der Waals surface area contributed by atoms with E-state index in [2.05, 4.69) is 17.2 Å². The summed E-state index contributed by atoms with van der Waals surface area (Å²) >= 11 is 0. The highest BCUT2D eigenvalue weighted by atomic mass is 16.4. The van der Waals surface area contributed by atoms with Gasteiger partial charge in [-0.2, -0.15) is 0 Å². The van der Waals surface area contributed by atoms with Crippen molar-refractivity contribution in [3.05, 3.63) is 23.2 Å². The van der Waals surface area contributed by atoms with Crippen LogP contribution in [0.1, 0.15) is 41.6 Å². The third-order valence-electron chi connectivity index (χ3n) is 3.22. The van der Waals surface area contributed by atoms with Crippen molar-refractivity contribution in [2.45, 2.75) is 39.3 Å². The molecule has 5 nitrogen and oxygen atoms in total. The van der Waals surface area contributed by atoms with Crippen LogP contribution in [0.4, 0.5) is 0 Å². The molecule has 1 heterocycles. The summed E-state index contributed by atoms with van der Waals surface area (Å²) in [5.41, 5.74) is 3.14. The van der Waals surface area contributed by atoms with Gasteiger partial charge in [-0.05, 0) is 32.4 Å². The first-order chi connectivity index (χ1) is 8.15. The molecule has 0 bridgehead atoms. The number of rotatable bonds is 5. The smallest absolute Gasteiger partial charge is 0.300 e. The van der Waals surface area contributed by atoms with Gasteiger partial charge in [-0.15, -0.1) is 0 Å². The lowest BCUT2D eigenvalue weighted by atomic mass is 10.2. The first-order valence-electron chi connectivity index (χ1n) is 6.00. The maximum absolute atomic E-state index is 11.3. The summed E-state index contributed by atoms with van der Waals surface area (Å²) in [6.07, 6.45) is 2.56. The van der Waals surface area contributed by atoms with Gasteiger partial charge in [0.05, 0.1) is 0 Å². The van der Waals surface area contributed by atoms with Gasteiger partial charge in [-0.25, -0.2) is 5.84 Å². The molecule has 17 heavy (non-hydrogen) atoms. The predicted molar refractivity (Wildman–Crippen MR) is 64.2 cm³/mol. The van der Waals surface area contributed by atoms with Gasteiger partial charge >= 0.3 is 5.91 Å². The average Bonchev–Trinajstić information content (AvgIpc) is 3.10. The Morgan fingerprint density at radius 2 is 2.35 bits per heavy atom. The lowest BCUT2D eigenvalue weighted by molar-refractivity contribution is 0.0924. The molecule has 1 aromatic rings. The molecule has 0 spiro atoms. The zero-order valence-corrected chi connectivity index (χ0v) is 10.3. The Morgan fingerprint density at radius 3 is 2.88 bits per heavy atom. The summed E-state index contributed by atoms with van der Waals surface area (Å²) in [6, 6.07) is 2.49. The van der Waals surface area contributed by atoms with Gasteiger partial charge in [0.15, 0.2) is 5.76 Å². The molecule has 5 heteroatoms. The van der Waals surface area contributed by atoms with Crippen LogP contribution in [0, 0.1) is 6.92 Å². The van der Waals surface area contributed by atoms with Gasteiger partial charge in [-0.1, -0.05) is 6.92 Å². The molecule has 0 radical (unpaired) electrons. The highest BCUT2D eigenvalue weighted by Crippen LogP contribution is 2.29. The predicted octanol–water partition coefficient (Wildman–Crippen LogP) is 1.18. The maximum atomic E-state index is 11.3. The lowest BCUT2D eigenvalue weighted by Crippen LogP contribution is -2.29. The fourth-order valence-electron chi connectivity index (χ4n) is 2.02. The molecule has 1 aromatic heterocycles. The van der Waals surface area contributed by atoms with Crippen molar-refractivity contribution < 1.29 is 9.21 Å². The topological polar surface area (TPSA) is 71.5 Å². The van der Waals surface area contributed by atoms with Crippen LogP contribution >= 0.6 is 0 Å². The molecule has 1 amide bonds. The van der Waals surface area contributed by atoms with E-state index in [4.69, 9.17) is 10.3 Å². The summed E-state index contributed by atoms with van der Waals surface area (Å²) in [4.78, 5) is 13.7. The number of carbonyl (C=O) groups excluding carboxylic acids is 1. The minimum absolute atomic E-state index is 0.284. The highest BCUT2D eigenvalue weighted by molar-refractivity contribution is 5.91. The molecule has 0 atom stereocenters. The number of aryl methyl sites for hydroxylation is 1. The molecule has 3 N–H and O–H groups in total. The second kappa shape index (κ2) is 4.89. The van der Waals surface area contributed by atoms with E-state index in [1.807, 2.05) is 6.92 Å². The maximum Gasteiger partial charge on any atom is 0.300 e. The molecule has 1 saturated carbocycles. The molecule has 1 fully saturated rings. The molecule has 1 aliphatic carbocycles. The number of nitrogens with one attached hydrogen (secondary N) is 1. The Kier molecular flexibility index (Phi) is 3.49. The van der Waals surface area contributed by atoms with Crippen molar-refractivity contribution in [3.63, 3.8) is 0 Å². The highest BCUT2D eigenvalue weighted by Gasteiger charge is 2.28. The summed E-state index contributed by atoms with van der Waals surface area (Å²) in [7, 11) is 0. The lowest BCUT2D eigenvalue weighted by Gasteiger charge is -2.18. The van der Waals surface area contributed by atoms with E-state index in [0.29, 0.717) is 6.04 Å². The molecular weight excluding hydrogens is 218 g/mol. The minimum Gasteiger partial charge on any atom is -0.456 e. The summed E-state index contributed by atoms with van der Waals surface area (Å²) < 4.78 is 5.39. The Labute approximate surface area is 101 Å². The standard InChI is InChI=1S/C12H19N3O2/c1-3-15(10-4-5-10)7-9-6-11(12(16)14-13)17-8(9)2/h6,10H,3-5,7,13H2,1-2H3,(H,14,16). The van der Waals surface area contributed by atoms with Crippen molar-refractivity contribution in [3.8, 4) is 0 Å². The molecule has 2 rings (SSSR count). The second-order valence-electron chi connectivity index (χ2n) is 4.46. The number of nitrogens with two attached hydrogens (primary N) is 1. The van der Waals surface area contributed by atoms with E-state index < -0.39 is 0 Å². The van der Waals surface area contributed by atoms with E-state index in [0.717, 1.165) is 24.4 Å². The Morgan fingerprint density at radius 1 is 1.65 bits per heavy atom. The number of furan rings is 1. The van der Waals surface area contributed by atoms with Gasteiger partial charge in [-0.3, -0.25) is 15.1 Å². The van der Waals surface area contributed by atoms with E-state index in [1.54, 1.807) is 6.07 Å². The molecule has 1 aliphatic rings.